The molecular weight excluding hydrogens is 354 g/mol. The monoisotopic (exact) mass is 364 g/mol. The first kappa shape index (κ1) is 23.5. The van der Waals surface area contributed by atoms with Crippen LogP contribution in [-0.2, 0) is 9.53 Å². The van der Waals surface area contributed by atoms with Crippen LogP contribution in [0.5, 0.6) is 0 Å². The summed E-state index contributed by atoms with van der Waals surface area (Å²) in [5.41, 5.74) is 0. The zero-order chi connectivity index (χ0) is 19.0. The minimum Gasteiger partial charge on any atom is -0.464 e. The Kier molecular flexibility index (Phi) is 9.61. The molecule has 0 atom stereocenters. The van der Waals surface area contributed by atoms with Crippen molar-refractivity contribution in [3.05, 3.63) is 23.8 Å². The Hall–Kier alpha value is -1.75. The molecule has 0 heterocycles. The fraction of sp³-hybridized carbons (Fsp3) is 0.545. The lowest BCUT2D eigenvalue weighted by Gasteiger charge is -2.20. The lowest BCUT2D eigenvalue weighted by Crippen LogP contribution is -2.29. The number of hydrogen-bond donors (Lipinski definition) is 0. The van der Waals surface area contributed by atoms with Gasteiger partial charge in [-0.25, -0.2) is 13.6 Å². The van der Waals surface area contributed by atoms with Gasteiger partial charge in [-0.05, 0) is 0 Å². The molecule has 0 aromatic heterocycles. The second-order valence-electron chi connectivity index (χ2n) is 3.73. The maximum absolute atomic E-state index is 12.4. The van der Waals surface area contributed by atoms with Crippen molar-refractivity contribution in [1.29, 1.82) is 0 Å². The van der Waals surface area contributed by atoms with Crippen LogP contribution in [0.3, 0.4) is 0 Å². The summed E-state index contributed by atoms with van der Waals surface area (Å²) in [6, 6.07) is 0. The predicted molar refractivity (Wildman–Crippen MR) is 57.5 cm³/mol. The molecule has 23 heavy (non-hydrogen) atoms. The number of alkyl halides is 4. The molecule has 2 nitrogen and oxygen atoms in total. The average molecular weight is 364 g/mol. The Morgan fingerprint density at radius 1 is 0.913 bits per heavy atom. The lowest BCUT2D eigenvalue weighted by molar-refractivity contribution is -0.138. The van der Waals surface area contributed by atoms with E-state index in [1.54, 1.807) is 0 Å². The maximum Gasteiger partial charge on any atom is 0.372 e. The third kappa shape index (κ3) is 9.08. The topological polar surface area (TPSA) is 26.3 Å². The molecule has 136 valence electrons. The van der Waals surface area contributed by atoms with Crippen LogP contribution < -0.4 is 0 Å². The minimum atomic E-state index is -4.82. The highest BCUT2D eigenvalue weighted by molar-refractivity contribution is 5.85. The van der Waals surface area contributed by atoms with Gasteiger partial charge in [-0.1, -0.05) is 6.92 Å². The van der Waals surface area contributed by atoms with Crippen LogP contribution in [0.1, 0.15) is 19.8 Å². The number of carbonyl (C=O) groups excluding carboxylic acids is 1. The number of hydrogen-bond acceptors (Lipinski definition) is 2. The molecule has 0 aliphatic heterocycles. The molecule has 0 saturated heterocycles. The highest BCUT2D eigenvalue weighted by Crippen LogP contribution is 2.39. The molecule has 0 aromatic carbocycles. The van der Waals surface area contributed by atoms with Gasteiger partial charge >= 0.3 is 24.1 Å². The van der Waals surface area contributed by atoms with Crippen molar-refractivity contribution < 1.29 is 53.4 Å². The van der Waals surface area contributed by atoms with E-state index >= 15 is 0 Å². The van der Waals surface area contributed by atoms with Crippen LogP contribution >= 0.6 is 0 Å². The third-order valence-electron chi connectivity index (χ3n) is 2.02. The molecule has 0 rings (SSSR count). The molecule has 0 unspecified atom stereocenters. The lowest BCUT2D eigenvalue weighted by atomic mass is 10.1. The number of rotatable bonds is 5. The second-order valence-corrected chi connectivity index (χ2v) is 3.73. The summed E-state index contributed by atoms with van der Waals surface area (Å²) in [7, 11) is 0.810. The van der Waals surface area contributed by atoms with Gasteiger partial charge in [0.25, 0.3) is 11.7 Å². The number of carbonyl (C=O) groups is 1. The summed E-state index contributed by atoms with van der Waals surface area (Å²) in [5, 5.41) is 0. The number of methoxy groups -OCH3 is 1. The smallest absolute Gasteiger partial charge is 0.372 e. The SMILES string of the molecule is CCC(F)(F)CC(F)(F)C(F)=C(F)F.COC(=O)C(F)=C(F)F. The molecule has 0 aromatic rings. The minimum absolute atomic E-state index is 0.810. The molecule has 0 saturated carbocycles. The van der Waals surface area contributed by atoms with Crippen LogP contribution in [-0.4, -0.2) is 24.9 Å². The second kappa shape index (κ2) is 9.40. The molecular formula is C11H10F10O2. The molecule has 0 radical (unpaired) electrons. The molecule has 0 N–H and O–H groups in total. The van der Waals surface area contributed by atoms with Crippen LogP contribution in [0, 0.1) is 0 Å². The Balaban J connectivity index is 0. The molecule has 0 aliphatic rings. The number of esters is 1. The molecule has 12 heteroatoms. The van der Waals surface area contributed by atoms with Gasteiger partial charge in [-0.2, -0.15) is 35.1 Å². The van der Waals surface area contributed by atoms with E-state index in [0.717, 1.165) is 14.0 Å². The fourth-order valence-electron chi connectivity index (χ4n) is 0.832. The van der Waals surface area contributed by atoms with Gasteiger partial charge < -0.3 is 4.74 Å². The first-order valence-corrected chi connectivity index (χ1v) is 5.47. The highest BCUT2D eigenvalue weighted by Gasteiger charge is 2.47. The molecule has 0 spiro atoms. The van der Waals surface area contributed by atoms with E-state index < -0.39 is 54.5 Å². The largest absolute Gasteiger partial charge is 0.464 e. The normalized spacial score (nSPS) is 11.1. The summed E-state index contributed by atoms with van der Waals surface area (Å²) in [6.07, 6.45) is -9.16. The molecule has 0 amide bonds. The zero-order valence-corrected chi connectivity index (χ0v) is 11.5. The van der Waals surface area contributed by atoms with Crippen LogP contribution in [0.4, 0.5) is 43.9 Å². The Morgan fingerprint density at radius 3 is 1.57 bits per heavy atom. The van der Waals surface area contributed by atoms with E-state index in [2.05, 4.69) is 4.74 Å². The predicted octanol–water partition coefficient (Wildman–Crippen LogP) is 5.37. The summed E-state index contributed by atoms with van der Waals surface area (Å²) in [6.45, 7) is 0.892. The number of halogens is 10. The number of allylic oxidation sites excluding steroid dienone is 1. The Bertz CT molecular complexity index is 461. The van der Waals surface area contributed by atoms with Crippen molar-refractivity contribution in [2.24, 2.45) is 0 Å². The first-order valence-electron chi connectivity index (χ1n) is 5.47. The van der Waals surface area contributed by atoms with E-state index in [0.29, 0.717) is 0 Å². The van der Waals surface area contributed by atoms with Gasteiger partial charge in [0.05, 0.1) is 13.5 Å². The fourth-order valence-corrected chi connectivity index (χ4v) is 0.832. The average Bonchev–Trinajstić information content (AvgIpc) is 2.44. The number of ether oxygens (including phenoxy) is 1. The van der Waals surface area contributed by atoms with E-state index in [1.807, 2.05) is 0 Å². The van der Waals surface area contributed by atoms with Gasteiger partial charge in [-0.3, -0.25) is 0 Å². The molecule has 0 aliphatic carbocycles. The molecule has 0 bridgehead atoms. The van der Waals surface area contributed by atoms with Crippen LogP contribution in [0.25, 0.3) is 0 Å². The maximum atomic E-state index is 12.4. The van der Waals surface area contributed by atoms with Crippen molar-refractivity contribution in [3.63, 3.8) is 0 Å². The van der Waals surface area contributed by atoms with Gasteiger partial charge in [-0.15, -0.1) is 0 Å². The van der Waals surface area contributed by atoms with E-state index in [-0.39, 0.29) is 0 Å². The van der Waals surface area contributed by atoms with Crippen molar-refractivity contribution >= 4 is 5.97 Å². The summed E-state index contributed by atoms with van der Waals surface area (Å²) >= 11 is 0. The van der Waals surface area contributed by atoms with Crippen molar-refractivity contribution in [3.8, 4) is 0 Å². The zero-order valence-electron chi connectivity index (χ0n) is 11.5. The summed E-state index contributed by atoms with van der Waals surface area (Å²) < 4.78 is 122. The van der Waals surface area contributed by atoms with Gasteiger partial charge in [0.2, 0.25) is 5.83 Å². The van der Waals surface area contributed by atoms with E-state index in [4.69, 9.17) is 0 Å². The van der Waals surface area contributed by atoms with Gasteiger partial charge in [0.15, 0.2) is 0 Å². The van der Waals surface area contributed by atoms with Crippen molar-refractivity contribution in [1.82, 2.24) is 0 Å². The summed E-state index contributed by atoms with van der Waals surface area (Å²) in [5.74, 6) is -15.6. The summed E-state index contributed by atoms with van der Waals surface area (Å²) in [4.78, 5) is 9.82. The van der Waals surface area contributed by atoms with Crippen molar-refractivity contribution in [2.45, 2.75) is 31.6 Å². The third-order valence-corrected chi connectivity index (χ3v) is 2.02. The Labute approximate surface area is 123 Å². The van der Waals surface area contributed by atoms with Crippen LogP contribution in [0.15, 0.2) is 23.8 Å². The van der Waals surface area contributed by atoms with E-state index in [1.165, 1.54) is 0 Å². The van der Waals surface area contributed by atoms with Crippen molar-refractivity contribution in [2.75, 3.05) is 7.11 Å². The van der Waals surface area contributed by atoms with E-state index in [9.17, 15) is 48.7 Å². The first-order chi connectivity index (χ1) is 10.2. The van der Waals surface area contributed by atoms with Crippen LogP contribution in [0.2, 0.25) is 0 Å². The molecule has 0 fully saturated rings. The van der Waals surface area contributed by atoms with Gasteiger partial charge in [0.1, 0.15) is 0 Å². The van der Waals surface area contributed by atoms with Gasteiger partial charge in [0, 0.05) is 6.42 Å². The highest BCUT2D eigenvalue weighted by atomic mass is 19.3. The standard InChI is InChI=1S/C7H7F7.C4H3F3O2/c1-2-6(11,12)3-7(13,14)4(8)5(9)10;1-9-4(8)2(5)3(6)7/h2-3H2,1H3;1H3. The quantitative estimate of drug-likeness (QED) is 0.372. The Morgan fingerprint density at radius 2 is 1.35 bits per heavy atom.